The van der Waals surface area contributed by atoms with Gasteiger partial charge >= 0.3 is 0 Å². The third-order valence-corrected chi connectivity index (χ3v) is 3.54. The van der Waals surface area contributed by atoms with Gasteiger partial charge in [0.2, 0.25) is 0 Å². The predicted octanol–water partition coefficient (Wildman–Crippen LogP) is 3.89. The topological polar surface area (TPSA) is 55.9 Å². The number of aromatic nitrogens is 2. The molecular formula is C14H19ClN4. The number of benzene rings is 1. The highest BCUT2D eigenvalue weighted by Crippen LogP contribution is 2.30. The van der Waals surface area contributed by atoms with Gasteiger partial charge in [0.05, 0.1) is 11.4 Å². The Morgan fingerprint density at radius 2 is 2.11 bits per heavy atom. The molecule has 0 aliphatic rings. The molecule has 2 rings (SSSR count). The molecule has 0 aliphatic carbocycles. The molecule has 1 heterocycles. The first-order chi connectivity index (χ1) is 9.04. The van der Waals surface area contributed by atoms with Crippen molar-refractivity contribution in [1.29, 1.82) is 0 Å². The summed E-state index contributed by atoms with van der Waals surface area (Å²) in [5.74, 6) is 0.838. The number of hydrogen-bond acceptors (Lipinski definition) is 3. The molecule has 5 heteroatoms. The van der Waals surface area contributed by atoms with E-state index < -0.39 is 0 Å². The van der Waals surface area contributed by atoms with Gasteiger partial charge in [-0.2, -0.15) is 5.10 Å². The third kappa shape index (κ3) is 2.68. The minimum absolute atomic E-state index is 0.688. The predicted molar refractivity (Wildman–Crippen MR) is 81.1 cm³/mol. The molecule has 0 bridgehead atoms. The number of nitrogen functional groups attached to an aromatic ring is 1. The Balaban J connectivity index is 2.40. The molecule has 19 heavy (non-hydrogen) atoms. The number of anilines is 3. The smallest absolute Gasteiger partial charge is 0.152 e. The molecule has 3 N–H and O–H groups in total. The normalized spacial score (nSPS) is 10.7. The monoisotopic (exact) mass is 278 g/mol. The summed E-state index contributed by atoms with van der Waals surface area (Å²) < 4.78 is 1.91. The summed E-state index contributed by atoms with van der Waals surface area (Å²) >= 11 is 6.13. The van der Waals surface area contributed by atoms with Gasteiger partial charge in [0, 0.05) is 17.3 Å². The van der Waals surface area contributed by atoms with Crippen molar-refractivity contribution in [2.45, 2.75) is 33.7 Å². The van der Waals surface area contributed by atoms with E-state index >= 15 is 0 Å². The number of nitrogens with one attached hydrogen (secondary N) is 1. The second-order valence-electron chi connectivity index (χ2n) is 4.61. The van der Waals surface area contributed by atoms with Gasteiger partial charge in [0.15, 0.2) is 5.82 Å². The summed E-state index contributed by atoms with van der Waals surface area (Å²) in [7, 11) is 0. The maximum Gasteiger partial charge on any atom is 0.152 e. The standard InChI is InChI=1S/C14H19ClN4/c1-4-8-19-14(13(16)10(3)18-19)17-12-7-5-6-11(15)9(12)2/h5-7,17H,4,8,16H2,1-3H3. The van der Waals surface area contributed by atoms with Crippen LogP contribution in [0.5, 0.6) is 0 Å². The molecule has 0 aliphatic heterocycles. The Hall–Kier alpha value is -1.68. The van der Waals surface area contributed by atoms with Crippen LogP contribution in [0.4, 0.5) is 17.2 Å². The highest BCUT2D eigenvalue weighted by molar-refractivity contribution is 6.31. The van der Waals surface area contributed by atoms with E-state index in [9.17, 15) is 0 Å². The Kier molecular flexibility index (Phi) is 4.00. The van der Waals surface area contributed by atoms with Crippen LogP contribution in [0, 0.1) is 13.8 Å². The van der Waals surface area contributed by atoms with Crippen LogP contribution < -0.4 is 11.1 Å². The minimum Gasteiger partial charge on any atom is -0.394 e. The second kappa shape index (κ2) is 5.53. The summed E-state index contributed by atoms with van der Waals surface area (Å²) in [6, 6.07) is 5.78. The minimum atomic E-state index is 0.688. The van der Waals surface area contributed by atoms with Gasteiger partial charge in [0.1, 0.15) is 0 Å². The number of halogens is 1. The average molecular weight is 279 g/mol. The zero-order valence-corrected chi connectivity index (χ0v) is 12.3. The fraction of sp³-hybridized carbons (Fsp3) is 0.357. The van der Waals surface area contributed by atoms with Gasteiger partial charge < -0.3 is 11.1 Å². The van der Waals surface area contributed by atoms with Crippen LogP contribution in [-0.4, -0.2) is 9.78 Å². The van der Waals surface area contributed by atoms with Crippen LogP contribution in [0.3, 0.4) is 0 Å². The number of rotatable bonds is 4. The summed E-state index contributed by atoms with van der Waals surface area (Å²) in [6.45, 7) is 6.84. The first-order valence-corrected chi connectivity index (χ1v) is 6.77. The molecule has 0 radical (unpaired) electrons. The second-order valence-corrected chi connectivity index (χ2v) is 5.02. The molecule has 1 aromatic heterocycles. The van der Waals surface area contributed by atoms with Crippen molar-refractivity contribution in [3.63, 3.8) is 0 Å². The molecule has 0 amide bonds. The lowest BCUT2D eigenvalue weighted by Gasteiger charge is -2.13. The summed E-state index contributed by atoms with van der Waals surface area (Å²) in [5, 5.41) is 8.53. The van der Waals surface area contributed by atoms with Crippen LogP contribution in [0.15, 0.2) is 18.2 Å². The van der Waals surface area contributed by atoms with Gasteiger partial charge in [-0.15, -0.1) is 0 Å². The van der Waals surface area contributed by atoms with E-state index in [1.165, 1.54) is 0 Å². The fourth-order valence-electron chi connectivity index (χ4n) is 1.97. The average Bonchev–Trinajstić information content (AvgIpc) is 2.63. The maximum absolute atomic E-state index is 6.13. The highest BCUT2D eigenvalue weighted by Gasteiger charge is 2.13. The lowest BCUT2D eigenvalue weighted by molar-refractivity contribution is 0.605. The molecule has 0 saturated carbocycles. The SMILES string of the molecule is CCCn1nc(C)c(N)c1Nc1cccc(Cl)c1C. The summed E-state index contributed by atoms with van der Waals surface area (Å²) in [4.78, 5) is 0. The van der Waals surface area contributed by atoms with Crippen LogP contribution in [-0.2, 0) is 6.54 Å². The molecule has 0 spiro atoms. The van der Waals surface area contributed by atoms with Crippen LogP contribution >= 0.6 is 11.6 Å². The highest BCUT2D eigenvalue weighted by atomic mass is 35.5. The third-order valence-electron chi connectivity index (χ3n) is 3.13. The van der Waals surface area contributed by atoms with Crippen molar-refractivity contribution in [2.24, 2.45) is 0 Å². The molecule has 0 unspecified atom stereocenters. The Labute approximate surface area is 118 Å². The zero-order chi connectivity index (χ0) is 14.0. The van der Waals surface area contributed by atoms with E-state index in [0.717, 1.165) is 40.8 Å². The van der Waals surface area contributed by atoms with Crippen molar-refractivity contribution >= 4 is 28.8 Å². The largest absolute Gasteiger partial charge is 0.394 e. The van der Waals surface area contributed by atoms with E-state index in [1.54, 1.807) is 0 Å². The lowest BCUT2D eigenvalue weighted by atomic mass is 10.2. The number of hydrogen-bond donors (Lipinski definition) is 2. The number of nitrogens with two attached hydrogens (primary N) is 1. The van der Waals surface area contributed by atoms with E-state index in [1.807, 2.05) is 36.7 Å². The molecule has 0 atom stereocenters. The van der Waals surface area contributed by atoms with Crippen molar-refractivity contribution in [3.05, 3.63) is 34.5 Å². The van der Waals surface area contributed by atoms with Crippen molar-refractivity contribution < 1.29 is 0 Å². The van der Waals surface area contributed by atoms with Crippen molar-refractivity contribution in [3.8, 4) is 0 Å². The first kappa shape index (κ1) is 13.7. The van der Waals surface area contributed by atoms with Crippen molar-refractivity contribution in [2.75, 3.05) is 11.1 Å². The summed E-state index contributed by atoms with van der Waals surface area (Å²) in [6.07, 6.45) is 1.00. The molecular weight excluding hydrogens is 260 g/mol. The Bertz CT molecular complexity index is 589. The van der Waals surface area contributed by atoms with Gasteiger partial charge in [-0.1, -0.05) is 24.6 Å². The van der Waals surface area contributed by atoms with Gasteiger partial charge in [-0.3, -0.25) is 0 Å². The Morgan fingerprint density at radius 1 is 1.37 bits per heavy atom. The van der Waals surface area contributed by atoms with Gasteiger partial charge in [0.25, 0.3) is 0 Å². The van der Waals surface area contributed by atoms with Crippen LogP contribution in [0.2, 0.25) is 5.02 Å². The van der Waals surface area contributed by atoms with E-state index in [-0.39, 0.29) is 0 Å². The molecule has 0 fully saturated rings. The van der Waals surface area contributed by atoms with Gasteiger partial charge in [-0.25, -0.2) is 4.68 Å². The fourth-order valence-corrected chi connectivity index (χ4v) is 2.15. The van der Waals surface area contributed by atoms with E-state index in [4.69, 9.17) is 17.3 Å². The van der Waals surface area contributed by atoms with Gasteiger partial charge in [-0.05, 0) is 38.0 Å². The molecule has 4 nitrogen and oxygen atoms in total. The van der Waals surface area contributed by atoms with E-state index in [2.05, 4.69) is 17.3 Å². The zero-order valence-electron chi connectivity index (χ0n) is 11.5. The van der Waals surface area contributed by atoms with Crippen molar-refractivity contribution in [1.82, 2.24) is 9.78 Å². The molecule has 2 aromatic rings. The van der Waals surface area contributed by atoms with Crippen LogP contribution in [0.1, 0.15) is 24.6 Å². The first-order valence-electron chi connectivity index (χ1n) is 6.39. The van der Waals surface area contributed by atoms with Crippen LogP contribution in [0.25, 0.3) is 0 Å². The summed E-state index contributed by atoms with van der Waals surface area (Å²) in [5.41, 5.74) is 9.58. The molecule has 102 valence electrons. The Morgan fingerprint density at radius 3 is 2.79 bits per heavy atom. The number of nitrogens with zero attached hydrogens (tertiary/aromatic N) is 2. The van der Waals surface area contributed by atoms with E-state index in [0.29, 0.717) is 5.69 Å². The quantitative estimate of drug-likeness (QED) is 0.892. The number of aryl methyl sites for hydroxylation is 2. The lowest BCUT2D eigenvalue weighted by Crippen LogP contribution is -2.06. The molecule has 0 saturated heterocycles. The maximum atomic E-state index is 6.13. The molecule has 1 aromatic carbocycles.